The molecule has 0 spiro atoms. The lowest BCUT2D eigenvalue weighted by atomic mass is 10.0. The summed E-state index contributed by atoms with van der Waals surface area (Å²) in [6.45, 7) is 2.01. The zero-order valence-electron chi connectivity index (χ0n) is 12.9. The summed E-state index contributed by atoms with van der Waals surface area (Å²) in [5, 5.41) is 8.95. The molecular formula is C18H18N2O2S. The van der Waals surface area contributed by atoms with Crippen molar-refractivity contribution in [2.24, 2.45) is 5.92 Å². The van der Waals surface area contributed by atoms with Gasteiger partial charge in [-0.2, -0.15) is 5.26 Å². The van der Waals surface area contributed by atoms with E-state index >= 15 is 0 Å². The van der Waals surface area contributed by atoms with Crippen molar-refractivity contribution in [2.75, 3.05) is 0 Å². The van der Waals surface area contributed by atoms with Gasteiger partial charge in [0.1, 0.15) is 0 Å². The van der Waals surface area contributed by atoms with Crippen LogP contribution in [-0.4, -0.2) is 8.42 Å². The van der Waals surface area contributed by atoms with E-state index in [-0.39, 0.29) is 10.9 Å². The maximum absolute atomic E-state index is 12.7. The van der Waals surface area contributed by atoms with Crippen LogP contribution >= 0.6 is 0 Å². The van der Waals surface area contributed by atoms with E-state index in [0.717, 1.165) is 24.0 Å². The SMILES string of the molecule is Cc1ccc([C@H](NS(=O)(=O)c2cccc(C#N)c2)C2CC2)cc1. The second kappa shape index (κ2) is 6.15. The van der Waals surface area contributed by atoms with Crippen LogP contribution < -0.4 is 4.72 Å². The van der Waals surface area contributed by atoms with E-state index in [1.165, 1.54) is 12.1 Å². The number of aryl methyl sites for hydroxylation is 1. The molecule has 0 radical (unpaired) electrons. The van der Waals surface area contributed by atoms with Crippen LogP contribution in [-0.2, 0) is 10.0 Å². The number of rotatable bonds is 5. The minimum Gasteiger partial charge on any atom is -0.207 e. The Hall–Kier alpha value is -2.16. The summed E-state index contributed by atoms with van der Waals surface area (Å²) in [4.78, 5) is 0.134. The Balaban J connectivity index is 1.90. The molecule has 0 saturated heterocycles. The van der Waals surface area contributed by atoms with Gasteiger partial charge in [0.2, 0.25) is 10.0 Å². The van der Waals surface area contributed by atoms with Gasteiger partial charge in [-0.15, -0.1) is 0 Å². The van der Waals surface area contributed by atoms with Crippen LogP contribution in [0.15, 0.2) is 53.4 Å². The second-order valence-corrected chi connectivity index (χ2v) is 7.70. The fourth-order valence-electron chi connectivity index (χ4n) is 2.61. The maximum Gasteiger partial charge on any atom is 0.241 e. The summed E-state index contributed by atoms with van der Waals surface area (Å²) in [5.41, 5.74) is 2.47. The van der Waals surface area contributed by atoms with Gasteiger partial charge in [-0.05, 0) is 49.4 Å². The summed E-state index contributed by atoms with van der Waals surface area (Å²) < 4.78 is 28.1. The molecule has 5 heteroatoms. The maximum atomic E-state index is 12.7. The highest BCUT2D eigenvalue weighted by atomic mass is 32.2. The molecule has 0 aromatic heterocycles. The topological polar surface area (TPSA) is 70.0 Å². The molecule has 0 heterocycles. The van der Waals surface area contributed by atoms with Gasteiger partial charge in [0.25, 0.3) is 0 Å². The molecule has 23 heavy (non-hydrogen) atoms. The molecule has 0 bridgehead atoms. The Morgan fingerprint density at radius 3 is 2.48 bits per heavy atom. The lowest BCUT2D eigenvalue weighted by Gasteiger charge is -2.19. The molecule has 1 aliphatic carbocycles. The van der Waals surface area contributed by atoms with Crippen molar-refractivity contribution in [2.45, 2.75) is 30.7 Å². The third kappa shape index (κ3) is 3.61. The van der Waals surface area contributed by atoms with Crippen molar-refractivity contribution in [3.8, 4) is 6.07 Å². The summed E-state index contributed by atoms with van der Waals surface area (Å²) in [5.74, 6) is 0.339. The summed E-state index contributed by atoms with van der Waals surface area (Å²) in [6.07, 6.45) is 2.05. The first-order valence-electron chi connectivity index (χ1n) is 7.59. The molecule has 3 rings (SSSR count). The van der Waals surface area contributed by atoms with E-state index in [9.17, 15) is 8.42 Å². The summed E-state index contributed by atoms with van der Waals surface area (Å²) in [7, 11) is -3.66. The van der Waals surface area contributed by atoms with Gasteiger partial charge in [0, 0.05) is 6.04 Å². The summed E-state index contributed by atoms with van der Waals surface area (Å²) >= 11 is 0. The molecule has 0 amide bonds. The second-order valence-electron chi connectivity index (χ2n) is 5.99. The Kier molecular flexibility index (Phi) is 4.20. The van der Waals surface area contributed by atoms with Gasteiger partial charge in [0.15, 0.2) is 0 Å². The fourth-order valence-corrected chi connectivity index (χ4v) is 3.95. The van der Waals surface area contributed by atoms with Gasteiger partial charge in [-0.1, -0.05) is 35.9 Å². The Morgan fingerprint density at radius 2 is 1.87 bits per heavy atom. The predicted octanol–water partition coefficient (Wildman–Crippen LogP) is 3.30. The standard InChI is InChI=1S/C18H18N2O2S/c1-13-5-7-15(8-6-13)18(16-9-10-16)20-23(21,22)17-4-2-3-14(11-17)12-19/h2-8,11,16,18,20H,9-10H2,1H3/t18-/m0/s1. The third-order valence-corrected chi connectivity index (χ3v) is 5.52. The Bertz CT molecular complexity index is 847. The monoisotopic (exact) mass is 326 g/mol. The highest BCUT2D eigenvalue weighted by Crippen LogP contribution is 2.41. The van der Waals surface area contributed by atoms with E-state index in [0.29, 0.717) is 11.5 Å². The number of nitrogens with zero attached hydrogens (tertiary/aromatic N) is 1. The first-order chi connectivity index (χ1) is 11.0. The van der Waals surface area contributed by atoms with Gasteiger partial charge >= 0.3 is 0 Å². The molecule has 1 atom stereocenters. The van der Waals surface area contributed by atoms with Crippen molar-refractivity contribution in [1.82, 2.24) is 4.72 Å². The summed E-state index contributed by atoms with van der Waals surface area (Å²) in [6, 6.07) is 15.8. The smallest absolute Gasteiger partial charge is 0.207 e. The van der Waals surface area contributed by atoms with Crippen molar-refractivity contribution < 1.29 is 8.42 Å². The number of sulfonamides is 1. The highest BCUT2D eigenvalue weighted by Gasteiger charge is 2.35. The van der Waals surface area contributed by atoms with Crippen LogP contribution in [0.3, 0.4) is 0 Å². The van der Waals surface area contributed by atoms with Crippen LogP contribution in [0.5, 0.6) is 0 Å². The average molecular weight is 326 g/mol. The molecular weight excluding hydrogens is 308 g/mol. The third-order valence-electron chi connectivity index (χ3n) is 4.09. The molecule has 0 aliphatic heterocycles. The van der Waals surface area contributed by atoms with Gasteiger partial charge in [0.05, 0.1) is 16.5 Å². The van der Waals surface area contributed by atoms with Crippen molar-refractivity contribution in [3.05, 3.63) is 65.2 Å². The zero-order chi connectivity index (χ0) is 16.4. The van der Waals surface area contributed by atoms with Crippen LogP contribution in [0.1, 0.15) is 35.6 Å². The lowest BCUT2D eigenvalue weighted by molar-refractivity contribution is 0.529. The predicted molar refractivity (Wildman–Crippen MR) is 88.1 cm³/mol. The van der Waals surface area contributed by atoms with Crippen LogP contribution in [0.25, 0.3) is 0 Å². The minimum atomic E-state index is -3.66. The number of hydrogen-bond donors (Lipinski definition) is 1. The van der Waals surface area contributed by atoms with E-state index < -0.39 is 10.0 Å². The van der Waals surface area contributed by atoms with Gasteiger partial charge in [-0.3, -0.25) is 0 Å². The number of hydrogen-bond acceptors (Lipinski definition) is 3. The molecule has 2 aromatic carbocycles. The highest BCUT2D eigenvalue weighted by molar-refractivity contribution is 7.89. The lowest BCUT2D eigenvalue weighted by Crippen LogP contribution is -2.30. The number of benzene rings is 2. The van der Waals surface area contributed by atoms with Crippen LogP contribution in [0.4, 0.5) is 0 Å². The number of nitrogens with one attached hydrogen (secondary N) is 1. The van der Waals surface area contributed by atoms with Crippen molar-refractivity contribution in [1.29, 1.82) is 5.26 Å². The largest absolute Gasteiger partial charge is 0.241 e. The molecule has 118 valence electrons. The van der Waals surface area contributed by atoms with E-state index in [1.807, 2.05) is 37.3 Å². The van der Waals surface area contributed by atoms with Crippen molar-refractivity contribution >= 4 is 10.0 Å². The van der Waals surface area contributed by atoms with Crippen LogP contribution in [0.2, 0.25) is 0 Å². The first kappa shape index (κ1) is 15.7. The molecule has 1 fully saturated rings. The van der Waals surface area contributed by atoms with Gasteiger partial charge in [-0.25, -0.2) is 13.1 Å². The fraction of sp³-hybridized carbons (Fsp3) is 0.278. The van der Waals surface area contributed by atoms with Gasteiger partial charge < -0.3 is 0 Å². The average Bonchev–Trinajstić information content (AvgIpc) is 3.38. The molecule has 0 unspecified atom stereocenters. The molecule has 1 N–H and O–H groups in total. The molecule has 1 aliphatic rings. The Labute approximate surface area is 136 Å². The quantitative estimate of drug-likeness (QED) is 0.916. The normalized spacial score (nSPS) is 15.8. The molecule has 4 nitrogen and oxygen atoms in total. The molecule has 1 saturated carbocycles. The van der Waals surface area contributed by atoms with Crippen LogP contribution in [0, 0.1) is 24.2 Å². The van der Waals surface area contributed by atoms with Crippen molar-refractivity contribution in [3.63, 3.8) is 0 Å². The minimum absolute atomic E-state index is 0.134. The first-order valence-corrected chi connectivity index (χ1v) is 9.07. The van der Waals surface area contributed by atoms with E-state index in [1.54, 1.807) is 12.1 Å². The van der Waals surface area contributed by atoms with E-state index in [4.69, 9.17) is 5.26 Å². The number of nitriles is 1. The van der Waals surface area contributed by atoms with E-state index in [2.05, 4.69) is 4.72 Å². The Morgan fingerprint density at radius 1 is 1.17 bits per heavy atom. The molecule has 2 aromatic rings. The zero-order valence-corrected chi connectivity index (χ0v) is 13.7.